The van der Waals surface area contributed by atoms with Gasteiger partial charge in [0.25, 0.3) is 0 Å². The molecule has 0 bridgehead atoms. The molecule has 1 fully saturated rings. The minimum Gasteiger partial charge on any atom is -0.481 e. The van der Waals surface area contributed by atoms with Gasteiger partial charge in [-0.1, -0.05) is 13.8 Å². The molecule has 0 spiro atoms. The fourth-order valence-electron chi connectivity index (χ4n) is 2.06. The van der Waals surface area contributed by atoms with Crippen molar-refractivity contribution in [2.75, 3.05) is 13.1 Å². The molecule has 1 saturated heterocycles. The highest BCUT2D eigenvalue weighted by Gasteiger charge is 2.22. The van der Waals surface area contributed by atoms with E-state index in [1.807, 2.05) is 11.8 Å². The molecule has 1 amide bonds. The third kappa shape index (κ3) is 4.21. The Morgan fingerprint density at radius 3 is 2.38 bits per heavy atom. The first-order valence-corrected chi connectivity index (χ1v) is 5.98. The Bertz CT molecular complexity index is 257. The lowest BCUT2D eigenvalue weighted by molar-refractivity contribution is -0.138. The molecule has 16 heavy (non-hydrogen) atoms. The Hall–Kier alpha value is -1.06. The summed E-state index contributed by atoms with van der Waals surface area (Å²) in [5.41, 5.74) is 0. The van der Waals surface area contributed by atoms with E-state index in [9.17, 15) is 9.59 Å². The van der Waals surface area contributed by atoms with Gasteiger partial charge in [-0.05, 0) is 24.7 Å². The van der Waals surface area contributed by atoms with Crippen LogP contribution in [0, 0.1) is 11.8 Å². The number of nitrogens with zero attached hydrogens (tertiary/aromatic N) is 1. The summed E-state index contributed by atoms with van der Waals surface area (Å²) in [6.07, 6.45) is 2.58. The van der Waals surface area contributed by atoms with E-state index < -0.39 is 5.97 Å². The van der Waals surface area contributed by atoms with Crippen molar-refractivity contribution in [3.63, 3.8) is 0 Å². The standard InChI is InChI=1S/C12H21NO3/c1-9-3-5-13(6-4-9)11(14)7-10(2)8-12(15)16/h9-10H,3-8H2,1-2H3,(H,15,16). The number of rotatable bonds is 4. The van der Waals surface area contributed by atoms with Crippen LogP contribution in [0.25, 0.3) is 0 Å². The molecule has 1 N–H and O–H groups in total. The van der Waals surface area contributed by atoms with E-state index in [0.717, 1.165) is 25.9 Å². The Labute approximate surface area is 96.6 Å². The summed E-state index contributed by atoms with van der Waals surface area (Å²) in [7, 11) is 0. The van der Waals surface area contributed by atoms with Gasteiger partial charge >= 0.3 is 5.97 Å². The van der Waals surface area contributed by atoms with E-state index in [0.29, 0.717) is 12.3 Å². The topological polar surface area (TPSA) is 57.6 Å². The monoisotopic (exact) mass is 227 g/mol. The zero-order valence-corrected chi connectivity index (χ0v) is 10.1. The lowest BCUT2D eigenvalue weighted by Gasteiger charge is -2.31. The molecule has 0 aromatic rings. The van der Waals surface area contributed by atoms with E-state index >= 15 is 0 Å². The predicted octanol–water partition coefficient (Wildman–Crippen LogP) is 1.75. The number of carbonyl (C=O) groups is 2. The number of amides is 1. The third-order valence-corrected chi connectivity index (χ3v) is 3.18. The normalized spacial score (nSPS) is 19.5. The lowest BCUT2D eigenvalue weighted by atomic mass is 9.97. The van der Waals surface area contributed by atoms with E-state index in [4.69, 9.17) is 5.11 Å². The summed E-state index contributed by atoms with van der Waals surface area (Å²) >= 11 is 0. The fraction of sp³-hybridized carbons (Fsp3) is 0.833. The predicted molar refractivity (Wildman–Crippen MR) is 61.0 cm³/mol. The molecule has 4 heteroatoms. The molecule has 4 nitrogen and oxygen atoms in total. The van der Waals surface area contributed by atoms with Crippen LogP contribution < -0.4 is 0 Å². The van der Waals surface area contributed by atoms with Gasteiger partial charge in [0, 0.05) is 25.9 Å². The van der Waals surface area contributed by atoms with Crippen LogP contribution in [-0.4, -0.2) is 35.0 Å². The smallest absolute Gasteiger partial charge is 0.303 e. The summed E-state index contributed by atoms with van der Waals surface area (Å²) in [6.45, 7) is 5.69. The zero-order valence-electron chi connectivity index (χ0n) is 10.1. The molecular formula is C12H21NO3. The quantitative estimate of drug-likeness (QED) is 0.796. The SMILES string of the molecule is CC1CCN(C(=O)CC(C)CC(=O)O)CC1. The molecule has 0 aromatic carbocycles. The van der Waals surface area contributed by atoms with Gasteiger partial charge in [-0.15, -0.1) is 0 Å². The number of carboxylic acid groups (broad SMARTS) is 1. The maximum absolute atomic E-state index is 11.8. The average molecular weight is 227 g/mol. The Kier molecular flexibility index (Phi) is 4.77. The van der Waals surface area contributed by atoms with Crippen molar-refractivity contribution >= 4 is 11.9 Å². The number of piperidine rings is 1. The molecule has 92 valence electrons. The van der Waals surface area contributed by atoms with E-state index in [1.54, 1.807) is 0 Å². The summed E-state index contributed by atoms with van der Waals surface area (Å²) < 4.78 is 0. The summed E-state index contributed by atoms with van der Waals surface area (Å²) in [5, 5.41) is 8.62. The van der Waals surface area contributed by atoms with Crippen LogP contribution in [0.15, 0.2) is 0 Å². The van der Waals surface area contributed by atoms with E-state index in [1.165, 1.54) is 0 Å². The second-order valence-corrected chi connectivity index (χ2v) is 4.97. The largest absolute Gasteiger partial charge is 0.481 e. The van der Waals surface area contributed by atoms with Crippen LogP contribution in [0.2, 0.25) is 0 Å². The molecule has 0 saturated carbocycles. The molecule has 1 rings (SSSR count). The summed E-state index contributed by atoms with van der Waals surface area (Å²) in [5.74, 6) is -0.0712. The highest BCUT2D eigenvalue weighted by molar-refractivity contribution is 5.77. The maximum Gasteiger partial charge on any atom is 0.303 e. The van der Waals surface area contributed by atoms with E-state index in [-0.39, 0.29) is 18.2 Å². The highest BCUT2D eigenvalue weighted by atomic mass is 16.4. The second kappa shape index (κ2) is 5.87. The summed E-state index contributed by atoms with van der Waals surface area (Å²) in [4.78, 5) is 24.2. The van der Waals surface area contributed by atoms with Crippen molar-refractivity contribution in [3.8, 4) is 0 Å². The first-order valence-electron chi connectivity index (χ1n) is 5.98. The molecule has 1 unspecified atom stereocenters. The molecule has 0 radical (unpaired) electrons. The third-order valence-electron chi connectivity index (χ3n) is 3.18. The molecule has 0 aromatic heterocycles. The second-order valence-electron chi connectivity index (χ2n) is 4.97. The highest BCUT2D eigenvalue weighted by Crippen LogP contribution is 2.18. The zero-order chi connectivity index (χ0) is 12.1. The Morgan fingerprint density at radius 2 is 1.88 bits per heavy atom. The first-order chi connectivity index (χ1) is 7.49. The molecule has 1 aliphatic rings. The van der Waals surface area contributed by atoms with Gasteiger partial charge in [0.1, 0.15) is 0 Å². The molecule has 1 atom stereocenters. The van der Waals surface area contributed by atoms with Crippen LogP contribution in [0.4, 0.5) is 0 Å². The number of likely N-dealkylation sites (tertiary alicyclic amines) is 1. The molecular weight excluding hydrogens is 206 g/mol. The Morgan fingerprint density at radius 1 is 1.31 bits per heavy atom. The van der Waals surface area contributed by atoms with Gasteiger partial charge in [0.05, 0.1) is 0 Å². The lowest BCUT2D eigenvalue weighted by Crippen LogP contribution is -2.38. The number of hydrogen-bond donors (Lipinski definition) is 1. The van der Waals surface area contributed by atoms with Gasteiger partial charge in [-0.3, -0.25) is 9.59 Å². The van der Waals surface area contributed by atoms with Gasteiger partial charge in [0.2, 0.25) is 5.91 Å². The van der Waals surface area contributed by atoms with Gasteiger partial charge in [0.15, 0.2) is 0 Å². The van der Waals surface area contributed by atoms with Crippen molar-refractivity contribution in [3.05, 3.63) is 0 Å². The van der Waals surface area contributed by atoms with Gasteiger partial charge < -0.3 is 10.0 Å². The number of carbonyl (C=O) groups excluding carboxylic acids is 1. The Balaban J connectivity index is 2.32. The van der Waals surface area contributed by atoms with Crippen molar-refractivity contribution in [2.24, 2.45) is 11.8 Å². The van der Waals surface area contributed by atoms with Crippen LogP contribution in [0.3, 0.4) is 0 Å². The van der Waals surface area contributed by atoms with Crippen LogP contribution in [0.1, 0.15) is 39.5 Å². The van der Waals surface area contributed by atoms with E-state index in [2.05, 4.69) is 6.92 Å². The van der Waals surface area contributed by atoms with Crippen LogP contribution in [-0.2, 0) is 9.59 Å². The van der Waals surface area contributed by atoms with Crippen molar-refractivity contribution < 1.29 is 14.7 Å². The van der Waals surface area contributed by atoms with Gasteiger partial charge in [-0.2, -0.15) is 0 Å². The molecule has 0 aliphatic carbocycles. The number of carboxylic acids is 1. The number of hydrogen-bond acceptors (Lipinski definition) is 2. The number of aliphatic carboxylic acids is 1. The van der Waals surface area contributed by atoms with Crippen LogP contribution in [0.5, 0.6) is 0 Å². The van der Waals surface area contributed by atoms with Crippen molar-refractivity contribution in [1.82, 2.24) is 4.90 Å². The van der Waals surface area contributed by atoms with Crippen LogP contribution >= 0.6 is 0 Å². The van der Waals surface area contributed by atoms with Crippen molar-refractivity contribution in [2.45, 2.75) is 39.5 Å². The van der Waals surface area contributed by atoms with Crippen molar-refractivity contribution in [1.29, 1.82) is 0 Å². The maximum atomic E-state index is 11.8. The molecule has 1 aliphatic heterocycles. The summed E-state index contributed by atoms with van der Waals surface area (Å²) in [6, 6.07) is 0. The average Bonchev–Trinajstić information content (AvgIpc) is 2.16. The molecule has 1 heterocycles. The minimum absolute atomic E-state index is 0.0654. The minimum atomic E-state index is -0.826. The first kappa shape index (κ1) is 13.0. The van der Waals surface area contributed by atoms with Gasteiger partial charge in [-0.25, -0.2) is 0 Å². The fourth-order valence-corrected chi connectivity index (χ4v) is 2.06.